The van der Waals surface area contributed by atoms with Gasteiger partial charge in [-0.3, -0.25) is 0 Å². The highest BCUT2D eigenvalue weighted by molar-refractivity contribution is 9.10. The second-order valence-electron chi connectivity index (χ2n) is 14.7. The summed E-state index contributed by atoms with van der Waals surface area (Å²) in [7, 11) is -1.34. The van der Waals surface area contributed by atoms with E-state index in [1.165, 1.54) is 66.8 Å². The molecule has 2 N–H and O–H groups in total. The number of hydrogen-bond acceptors (Lipinski definition) is 2. The molecule has 53 heavy (non-hydrogen) atoms. The van der Waals surface area contributed by atoms with Gasteiger partial charge in [-0.2, -0.15) is 0 Å². The Morgan fingerprint density at radius 1 is 0.377 bits per heavy atom. The fourth-order valence-electron chi connectivity index (χ4n) is 7.66. The van der Waals surface area contributed by atoms with Crippen molar-refractivity contribution >= 4 is 44.4 Å². The Bertz CT molecular complexity index is 2240. The van der Waals surface area contributed by atoms with E-state index in [0.29, 0.717) is 5.46 Å². The van der Waals surface area contributed by atoms with E-state index in [-0.39, 0.29) is 10.8 Å². The van der Waals surface area contributed by atoms with Crippen molar-refractivity contribution < 1.29 is 10.0 Å². The highest BCUT2D eigenvalue weighted by atomic mass is 79.9. The molecule has 9 rings (SSSR count). The van der Waals surface area contributed by atoms with Crippen molar-refractivity contribution in [1.82, 2.24) is 0 Å². The van der Waals surface area contributed by atoms with Crippen LogP contribution in [-0.4, -0.2) is 17.2 Å². The van der Waals surface area contributed by atoms with Gasteiger partial charge in [0.15, 0.2) is 0 Å². The van der Waals surface area contributed by atoms with Gasteiger partial charge < -0.3 is 10.0 Å². The molecule has 0 aromatic heterocycles. The molecular weight excluding hydrogens is 779 g/mol. The topological polar surface area (TPSA) is 40.5 Å². The van der Waals surface area contributed by atoms with E-state index in [9.17, 15) is 0 Å². The maximum absolute atomic E-state index is 8.58. The zero-order chi connectivity index (χ0) is 37.3. The highest BCUT2D eigenvalue weighted by Crippen LogP contribution is 2.51. The SMILES string of the molecule is CC1(C)c2cc(-c3ccccc3)ccc2-c2ccc(-c3ccccc3)cc21.CC1(C)c2cc(Br)ccc2-c2ccc(Br)cc21.OB(O)c1ccccc1. The summed E-state index contributed by atoms with van der Waals surface area (Å²) >= 11 is 7.13. The van der Waals surface area contributed by atoms with Gasteiger partial charge in [0.05, 0.1) is 0 Å². The van der Waals surface area contributed by atoms with Crippen molar-refractivity contribution in [2.45, 2.75) is 38.5 Å². The minimum Gasteiger partial charge on any atom is -0.423 e. The molecule has 0 bridgehead atoms. The molecule has 7 aromatic rings. The Morgan fingerprint density at radius 2 is 0.698 bits per heavy atom. The van der Waals surface area contributed by atoms with E-state index in [4.69, 9.17) is 10.0 Å². The molecule has 7 aromatic carbocycles. The fourth-order valence-corrected chi connectivity index (χ4v) is 8.39. The molecule has 0 spiro atoms. The largest absolute Gasteiger partial charge is 0.488 e. The van der Waals surface area contributed by atoms with E-state index in [2.05, 4.69) is 193 Å². The molecule has 2 aliphatic rings. The lowest BCUT2D eigenvalue weighted by Crippen LogP contribution is -2.29. The molecule has 0 fully saturated rings. The first-order chi connectivity index (χ1) is 25.4. The predicted octanol–water partition coefficient (Wildman–Crippen LogP) is 12.2. The third-order valence-corrected chi connectivity index (χ3v) is 11.6. The lowest BCUT2D eigenvalue weighted by atomic mass is 9.81. The standard InChI is InChI=1S/C27H22.C15H12Br2.C6H7BO2/c1-27(2)25-17-21(19-9-5-3-6-10-19)13-15-23(25)24-16-14-22(18-26(24)27)20-11-7-4-8-12-20;1-15(2)13-7-9(16)3-5-11(13)12-6-4-10(17)8-14(12)15;8-7(9)6-4-2-1-3-5-6/h3-18H,1-2H3;3-8H,1-2H3;1-5,8-9H. The summed E-state index contributed by atoms with van der Waals surface area (Å²) in [6, 6.07) is 57.0. The molecule has 0 saturated carbocycles. The first-order valence-corrected chi connectivity index (χ1v) is 19.5. The molecule has 2 nitrogen and oxygen atoms in total. The molecule has 262 valence electrons. The first-order valence-electron chi connectivity index (χ1n) is 17.9. The Balaban J connectivity index is 0.000000142. The van der Waals surface area contributed by atoms with Crippen molar-refractivity contribution in [2.24, 2.45) is 0 Å². The number of fused-ring (bicyclic) bond motifs is 6. The van der Waals surface area contributed by atoms with Crippen LogP contribution in [0.2, 0.25) is 0 Å². The van der Waals surface area contributed by atoms with Crippen LogP contribution in [0.1, 0.15) is 49.9 Å². The van der Waals surface area contributed by atoms with Gasteiger partial charge >= 0.3 is 7.12 Å². The monoisotopic (exact) mass is 818 g/mol. The summed E-state index contributed by atoms with van der Waals surface area (Å²) in [5.74, 6) is 0. The quantitative estimate of drug-likeness (QED) is 0.174. The van der Waals surface area contributed by atoms with Crippen LogP contribution in [-0.2, 0) is 10.8 Å². The van der Waals surface area contributed by atoms with E-state index >= 15 is 0 Å². The maximum Gasteiger partial charge on any atom is 0.488 e. The Morgan fingerprint density at radius 3 is 1.04 bits per heavy atom. The van der Waals surface area contributed by atoms with E-state index in [1.54, 1.807) is 24.3 Å². The predicted molar refractivity (Wildman–Crippen MR) is 231 cm³/mol. The van der Waals surface area contributed by atoms with Crippen LogP contribution < -0.4 is 5.46 Å². The minimum absolute atomic E-state index is 0.000245. The molecule has 0 radical (unpaired) electrons. The summed E-state index contributed by atoms with van der Waals surface area (Å²) in [5, 5.41) is 17.2. The van der Waals surface area contributed by atoms with Gasteiger partial charge in [-0.05, 0) is 109 Å². The van der Waals surface area contributed by atoms with Crippen LogP contribution in [0.4, 0.5) is 0 Å². The molecule has 5 heteroatoms. The van der Waals surface area contributed by atoms with Crippen molar-refractivity contribution in [1.29, 1.82) is 0 Å². The molecular formula is C48H41BBr2O2. The average Bonchev–Trinajstić information content (AvgIpc) is 3.54. The van der Waals surface area contributed by atoms with E-state index in [1.807, 2.05) is 6.07 Å². The van der Waals surface area contributed by atoms with Crippen molar-refractivity contribution in [2.75, 3.05) is 0 Å². The Labute approximate surface area is 330 Å². The summed E-state index contributed by atoms with van der Waals surface area (Å²) in [6.45, 7) is 9.27. The van der Waals surface area contributed by atoms with E-state index < -0.39 is 7.12 Å². The van der Waals surface area contributed by atoms with Crippen LogP contribution in [0.25, 0.3) is 44.5 Å². The molecule has 0 heterocycles. The van der Waals surface area contributed by atoms with Crippen LogP contribution in [0, 0.1) is 0 Å². The third-order valence-electron chi connectivity index (χ3n) is 10.6. The zero-order valence-corrected chi connectivity index (χ0v) is 33.5. The number of hydrogen-bond donors (Lipinski definition) is 2. The molecule has 0 atom stereocenters. The van der Waals surface area contributed by atoms with Crippen LogP contribution >= 0.6 is 31.9 Å². The fraction of sp³-hybridized carbons (Fsp3) is 0.125. The average molecular weight is 820 g/mol. The third kappa shape index (κ3) is 7.37. The van der Waals surface area contributed by atoms with Gasteiger partial charge in [0.25, 0.3) is 0 Å². The lowest BCUT2D eigenvalue weighted by molar-refractivity contribution is 0.426. The van der Waals surface area contributed by atoms with Gasteiger partial charge in [0.1, 0.15) is 0 Å². The zero-order valence-electron chi connectivity index (χ0n) is 30.3. The smallest absolute Gasteiger partial charge is 0.423 e. The van der Waals surface area contributed by atoms with Gasteiger partial charge in [-0.25, -0.2) is 0 Å². The van der Waals surface area contributed by atoms with Gasteiger partial charge in [-0.15, -0.1) is 0 Å². The van der Waals surface area contributed by atoms with Gasteiger partial charge in [-0.1, -0.05) is 187 Å². The number of rotatable bonds is 3. The second kappa shape index (κ2) is 15.1. The normalized spacial score (nSPS) is 13.6. The second-order valence-corrected chi connectivity index (χ2v) is 16.5. The molecule has 0 aliphatic heterocycles. The van der Waals surface area contributed by atoms with Crippen LogP contribution in [0.15, 0.2) is 173 Å². The minimum atomic E-state index is -1.34. The highest BCUT2D eigenvalue weighted by Gasteiger charge is 2.36. The van der Waals surface area contributed by atoms with Crippen molar-refractivity contribution in [3.05, 3.63) is 195 Å². The molecule has 0 unspecified atom stereocenters. The molecule has 0 amide bonds. The lowest BCUT2D eigenvalue weighted by Gasteiger charge is -2.22. The summed E-state index contributed by atoms with van der Waals surface area (Å²) < 4.78 is 2.30. The van der Waals surface area contributed by atoms with Crippen molar-refractivity contribution in [3.63, 3.8) is 0 Å². The Kier molecular flexibility index (Phi) is 10.5. The summed E-state index contributed by atoms with van der Waals surface area (Å²) in [5.41, 5.74) is 16.8. The van der Waals surface area contributed by atoms with Gasteiger partial charge in [0, 0.05) is 19.8 Å². The first kappa shape index (κ1) is 36.8. The number of halogens is 2. The van der Waals surface area contributed by atoms with Crippen LogP contribution in [0.5, 0.6) is 0 Å². The summed E-state index contributed by atoms with van der Waals surface area (Å²) in [6.07, 6.45) is 0. The Hall–Kier alpha value is -4.52. The van der Waals surface area contributed by atoms with Crippen molar-refractivity contribution in [3.8, 4) is 44.5 Å². The number of benzene rings is 7. The summed E-state index contributed by atoms with van der Waals surface area (Å²) in [4.78, 5) is 0. The maximum atomic E-state index is 8.58. The molecule has 2 aliphatic carbocycles. The van der Waals surface area contributed by atoms with Gasteiger partial charge in [0.2, 0.25) is 0 Å². The molecule has 0 saturated heterocycles. The van der Waals surface area contributed by atoms with E-state index in [0.717, 1.165) is 8.95 Å². The van der Waals surface area contributed by atoms with Crippen LogP contribution in [0.3, 0.4) is 0 Å².